The van der Waals surface area contributed by atoms with E-state index in [1.807, 2.05) is 36.4 Å². The van der Waals surface area contributed by atoms with E-state index in [1.165, 1.54) is 0 Å². The third-order valence-corrected chi connectivity index (χ3v) is 5.14. The average Bonchev–Trinajstić information content (AvgIpc) is 2.84. The second kappa shape index (κ2) is 13.5. The number of rotatable bonds is 12. The van der Waals surface area contributed by atoms with Crippen LogP contribution in [0, 0.1) is 0 Å². The van der Waals surface area contributed by atoms with Gasteiger partial charge in [0.2, 0.25) is 0 Å². The molecular formula is C27H30N4O3. The van der Waals surface area contributed by atoms with Crippen LogP contribution >= 0.6 is 0 Å². The summed E-state index contributed by atoms with van der Waals surface area (Å²) in [6, 6.07) is 21.3. The number of para-hydroxylation sites is 3. The van der Waals surface area contributed by atoms with Gasteiger partial charge in [-0.1, -0.05) is 36.4 Å². The van der Waals surface area contributed by atoms with Crippen molar-refractivity contribution in [3.8, 4) is 17.2 Å². The summed E-state index contributed by atoms with van der Waals surface area (Å²) >= 11 is 0. The van der Waals surface area contributed by atoms with Crippen molar-refractivity contribution in [3.05, 3.63) is 89.5 Å². The standard InChI is InChI=1S/C27H30N4O3/c32-25-10-4-1-7-22(25)19-28-13-16-31(17-14-29-20-23-8-2-5-11-26(23)33)18-15-30-21-24-9-3-6-12-27(24)34/h1-12,19-21,32-34H,13-18H2/b28-19-,29-20-,30-21+. The number of phenolic OH excluding ortho intramolecular Hbond substituents is 3. The Morgan fingerprint density at radius 1 is 0.500 bits per heavy atom. The van der Waals surface area contributed by atoms with Gasteiger partial charge in [-0.25, -0.2) is 0 Å². The maximum Gasteiger partial charge on any atom is 0.124 e. The molecule has 0 unspecified atom stereocenters. The molecule has 0 aliphatic carbocycles. The Kier molecular flexibility index (Phi) is 9.83. The Bertz CT molecular complexity index is 987. The van der Waals surface area contributed by atoms with Gasteiger partial charge in [0.15, 0.2) is 0 Å². The molecule has 3 rings (SSSR count). The minimum atomic E-state index is 0.208. The molecule has 176 valence electrons. The molecule has 7 nitrogen and oxygen atoms in total. The second-order valence-corrected chi connectivity index (χ2v) is 7.62. The minimum Gasteiger partial charge on any atom is -0.507 e. The van der Waals surface area contributed by atoms with Crippen molar-refractivity contribution in [3.63, 3.8) is 0 Å². The van der Waals surface area contributed by atoms with Gasteiger partial charge in [-0.05, 0) is 36.4 Å². The van der Waals surface area contributed by atoms with Gasteiger partial charge < -0.3 is 15.3 Å². The number of aliphatic imine (C=N–C) groups is 3. The molecule has 3 N–H and O–H groups in total. The fourth-order valence-electron chi connectivity index (χ4n) is 3.21. The highest BCUT2D eigenvalue weighted by atomic mass is 16.3. The van der Waals surface area contributed by atoms with E-state index in [4.69, 9.17) is 0 Å². The van der Waals surface area contributed by atoms with E-state index in [2.05, 4.69) is 19.9 Å². The van der Waals surface area contributed by atoms with Crippen LogP contribution in [0.15, 0.2) is 87.8 Å². The van der Waals surface area contributed by atoms with Crippen LogP contribution in [0.4, 0.5) is 0 Å². The summed E-state index contributed by atoms with van der Waals surface area (Å²) in [5.74, 6) is 0.625. The van der Waals surface area contributed by atoms with E-state index in [-0.39, 0.29) is 17.2 Å². The molecule has 0 saturated carbocycles. The SMILES string of the molecule is Oc1ccccc1/C=N\CCN(CC/N=C\c1ccccc1O)CC/N=C/c1ccccc1O. The molecule has 0 amide bonds. The molecule has 0 atom stereocenters. The molecule has 0 radical (unpaired) electrons. The van der Waals surface area contributed by atoms with Gasteiger partial charge >= 0.3 is 0 Å². The number of hydrogen-bond acceptors (Lipinski definition) is 7. The molecule has 0 aromatic heterocycles. The van der Waals surface area contributed by atoms with E-state index >= 15 is 0 Å². The first-order valence-electron chi connectivity index (χ1n) is 11.2. The number of phenols is 3. The molecule has 34 heavy (non-hydrogen) atoms. The second-order valence-electron chi connectivity index (χ2n) is 7.62. The van der Waals surface area contributed by atoms with E-state index in [1.54, 1.807) is 55.0 Å². The quantitative estimate of drug-likeness (QED) is 0.360. The summed E-state index contributed by atoms with van der Waals surface area (Å²) in [5.41, 5.74) is 2.07. The van der Waals surface area contributed by atoms with Gasteiger partial charge in [0.05, 0.1) is 19.6 Å². The Labute approximate surface area is 200 Å². The number of aromatic hydroxyl groups is 3. The highest BCUT2D eigenvalue weighted by molar-refractivity contribution is 5.84. The zero-order chi connectivity index (χ0) is 24.0. The molecule has 0 saturated heterocycles. The molecular weight excluding hydrogens is 428 g/mol. The molecule has 0 fully saturated rings. The maximum atomic E-state index is 9.86. The summed E-state index contributed by atoms with van der Waals surface area (Å²) in [5, 5.41) is 29.6. The van der Waals surface area contributed by atoms with E-state index in [9.17, 15) is 15.3 Å². The molecule has 3 aromatic carbocycles. The lowest BCUT2D eigenvalue weighted by Crippen LogP contribution is -2.31. The third kappa shape index (κ3) is 8.18. The Balaban J connectivity index is 1.54. The third-order valence-electron chi connectivity index (χ3n) is 5.14. The molecule has 3 aromatic rings. The lowest BCUT2D eigenvalue weighted by atomic mass is 10.2. The molecule has 0 spiro atoms. The van der Waals surface area contributed by atoms with Gasteiger partial charge in [0, 0.05) is 55.0 Å². The van der Waals surface area contributed by atoms with Crippen LogP contribution in [-0.4, -0.2) is 78.1 Å². The average molecular weight is 459 g/mol. The summed E-state index contributed by atoms with van der Waals surface area (Å²) in [6.45, 7) is 3.84. The number of nitrogens with zero attached hydrogens (tertiary/aromatic N) is 4. The van der Waals surface area contributed by atoms with Crippen molar-refractivity contribution in [1.82, 2.24) is 4.90 Å². The summed E-state index contributed by atoms with van der Waals surface area (Å²) in [6.07, 6.45) is 5.04. The molecule has 0 aliphatic rings. The highest BCUT2D eigenvalue weighted by Gasteiger charge is 2.04. The Morgan fingerprint density at radius 2 is 0.794 bits per heavy atom. The lowest BCUT2D eigenvalue weighted by molar-refractivity contribution is 0.298. The van der Waals surface area contributed by atoms with Gasteiger partial charge in [-0.2, -0.15) is 0 Å². The monoisotopic (exact) mass is 458 g/mol. The predicted molar refractivity (Wildman–Crippen MR) is 138 cm³/mol. The van der Waals surface area contributed by atoms with Gasteiger partial charge in [0.1, 0.15) is 17.2 Å². The van der Waals surface area contributed by atoms with Crippen LogP contribution < -0.4 is 0 Å². The van der Waals surface area contributed by atoms with Gasteiger partial charge in [0.25, 0.3) is 0 Å². The molecule has 7 heteroatoms. The van der Waals surface area contributed by atoms with E-state index in [0.717, 1.165) is 0 Å². The summed E-state index contributed by atoms with van der Waals surface area (Å²) in [7, 11) is 0. The normalized spacial score (nSPS) is 11.9. The van der Waals surface area contributed by atoms with Crippen molar-refractivity contribution in [2.24, 2.45) is 15.0 Å². The summed E-state index contributed by atoms with van der Waals surface area (Å²) < 4.78 is 0. The first kappa shape index (κ1) is 24.7. The smallest absolute Gasteiger partial charge is 0.124 e. The Morgan fingerprint density at radius 3 is 1.09 bits per heavy atom. The van der Waals surface area contributed by atoms with E-state index in [0.29, 0.717) is 56.0 Å². The maximum absolute atomic E-state index is 9.86. The lowest BCUT2D eigenvalue weighted by Gasteiger charge is -2.19. The van der Waals surface area contributed by atoms with Crippen LogP contribution in [-0.2, 0) is 0 Å². The van der Waals surface area contributed by atoms with Crippen molar-refractivity contribution in [1.29, 1.82) is 0 Å². The first-order valence-corrected chi connectivity index (χ1v) is 11.2. The molecule has 0 bridgehead atoms. The van der Waals surface area contributed by atoms with Crippen molar-refractivity contribution < 1.29 is 15.3 Å². The van der Waals surface area contributed by atoms with Crippen LogP contribution in [0.25, 0.3) is 0 Å². The topological polar surface area (TPSA) is 101 Å². The van der Waals surface area contributed by atoms with Crippen molar-refractivity contribution in [2.75, 3.05) is 39.3 Å². The largest absolute Gasteiger partial charge is 0.507 e. The van der Waals surface area contributed by atoms with Crippen molar-refractivity contribution in [2.45, 2.75) is 0 Å². The zero-order valence-electron chi connectivity index (χ0n) is 19.0. The minimum absolute atomic E-state index is 0.208. The highest BCUT2D eigenvalue weighted by Crippen LogP contribution is 2.14. The van der Waals surface area contributed by atoms with Crippen LogP contribution in [0.2, 0.25) is 0 Å². The van der Waals surface area contributed by atoms with Crippen molar-refractivity contribution >= 4 is 18.6 Å². The van der Waals surface area contributed by atoms with E-state index < -0.39 is 0 Å². The molecule has 0 aliphatic heterocycles. The fourth-order valence-corrected chi connectivity index (χ4v) is 3.21. The number of benzene rings is 3. The first-order chi connectivity index (χ1) is 16.6. The van der Waals surface area contributed by atoms with Crippen LogP contribution in [0.3, 0.4) is 0 Å². The fraction of sp³-hybridized carbons (Fsp3) is 0.222. The van der Waals surface area contributed by atoms with Gasteiger partial charge in [-0.15, -0.1) is 0 Å². The van der Waals surface area contributed by atoms with Crippen LogP contribution in [0.5, 0.6) is 17.2 Å². The molecule has 0 heterocycles. The Hall–Kier alpha value is -3.97. The van der Waals surface area contributed by atoms with Crippen LogP contribution in [0.1, 0.15) is 16.7 Å². The number of hydrogen-bond donors (Lipinski definition) is 3. The van der Waals surface area contributed by atoms with Gasteiger partial charge in [-0.3, -0.25) is 19.9 Å². The summed E-state index contributed by atoms with van der Waals surface area (Å²) in [4.78, 5) is 15.6. The predicted octanol–water partition coefficient (Wildman–Crippen LogP) is 3.76. The zero-order valence-corrected chi connectivity index (χ0v) is 19.0.